The molecule has 1 aromatic carbocycles. The van der Waals surface area contributed by atoms with Gasteiger partial charge in [-0.05, 0) is 43.9 Å². The number of unbranched alkanes of at least 4 members (excludes halogenated alkanes) is 1. The number of anilines is 1. The fraction of sp³-hybridized carbons (Fsp3) is 0.588. The molecule has 0 radical (unpaired) electrons. The highest BCUT2D eigenvalue weighted by Crippen LogP contribution is 2.20. The quantitative estimate of drug-likeness (QED) is 0.753. The standard InChI is InChI=1S/C17H26N2O/c1-3-5-8-14(4-2)18-16-9-6-7-13(12-16)17(20)19-15-10-11-15/h6-7,9,12,14-15,18H,3-5,8,10-11H2,1-2H3,(H,19,20). The van der Waals surface area contributed by atoms with Crippen molar-refractivity contribution in [1.82, 2.24) is 5.32 Å². The molecule has 1 atom stereocenters. The zero-order chi connectivity index (χ0) is 14.4. The third-order valence-electron chi connectivity index (χ3n) is 3.81. The lowest BCUT2D eigenvalue weighted by Crippen LogP contribution is -2.25. The van der Waals surface area contributed by atoms with Crippen molar-refractivity contribution in [2.75, 3.05) is 5.32 Å². The molecule has 1 unspecified atom stereocenters. The Hall–Kier alpha value is -1.51. The Kier molecular flexibility index (Phi) is 5.45. The molecule has 0 saturated heterocycles. The third-order valence-corrected chi connectivity index (χ3v) is 3.81. The molecule has 0 heterocycles. The summed E-state index contributed by atoms with van der Waals surface area (Å²) in [6, 6.07) is 8.75. The number of benzene rings is 1. The fourth-order valence-electron chi connectivity index (χ4n) is 2.31. The largest absolute Gasteiger partial charge is 0.382 e. The summed E-state index contributed by atoms with van der Waals surface area (Å²) >= 11 is 0. The van der Waals surface area contributed by atoms with Gasteiger partial charge in [0.15, 0.2) is 0 Å². The van der Waals surface area contributed by atoms with Crippen LogP contribution in [0.15, 0.2) is 24.3 Å². The zero-order valence-corrected chi connectivity index (χ0v) is 12.6. The average molecular weight is 274 g/mol. The van der Waals surface area contributed by atoms with Gasteiger partial charge in [-0.15, -0.1) is 0 Å². The van der Waals surface area contributed by atoms with E-state index >= 15 is 0 Å². The van der Waals surface area contributed by atoms with E-state index < -0.39 is 0 Å². The normalized spacial score (nSPS) is 15.7. The molecule has 3 heteroatoms. The van der Waals surface area contributed by atoms with Crippen LogP contribution in [0.1, 0.15) is 62.7 Å². The van der Waals surface area contributed by atoms with E-state index in [0.717, 1.165) is 30.5 Å². The van der Waals surface area contributed by atoms with Crippen molar-refractivity contribution in [3.63, 3.8) is 0 Å². The van der Waals surface area contributed by atoms with E-state index in [0.29, 0.717) is 12.1 Å². The van der Waals surface area contributed by atoms with E-state index in [1.165, 1.54) is 19.3 Å². The van der Waals surface area contributed by atoms with E-state index in [4.69, 9.17) is 0 Å². The lowest BCUT2D eigenvalue weighted by molar-refractivity contribution is 0.0951. The third kappa shape index (κ3) is 4.55. The SMILES string of the molecule is CCCCC(CC)Nc1cccc(C(=O)NC2CC2)c1. The van der Waals surface area contributed by atoms with Crippen molar-refractivity contribution >= 4 is 11.6 Å². The van der Waals surface area contributed by atoms with Crippen LogP contribution in [0.5, 0.6) is 0 Å². The first kappa shape index (κ1) is 14.9. The van der Waals surface area contributed by atoms with Gasteiger partial charge in [0.2, 0.25) is 0 Å². The molecule has 3 nitrogen and oxygen atoms in total. The van der Waals surface area contributed by atoms with E-state index in [-0.39, 0.29) is 5.91 Å². The van der Waals surface area contributed by atoms with E-state index in [1.54, 1.807) is 0 Å². The molecule has 0 bridgehead atoms. The number of nitrogens with one attached hydrogen (secondary N) is 2. The van der Waals surface area contributed by atoms with E-state index in [9.17, 15) is 4.79 Å². The monoisotopic (exact) mass is 274 g/mol. The van der Waals surface area contributed by atoms with E-state index in [1.807, 2.05) is 24.3 Å². The number of carbonyl (C=O) groups is 1. The number of carbonyl (C=O) groups excluding carboxylic acids is 1. The molecule has 1 amide bonds. The molecule has 20 heavy (non-hydrogen) atoms. The van der Waals surface area contributed by atoms with Gasteiger partial charge in [0, 0.05) is 23.3 Å². The summed E-state index contributed by atoms with van der Waals surface area (Å²) in [6.07, 6.45) is 7.01. The van der Waals surface area contributed by atoms with Gasteiger partial charge in [-0.2, -0.15) is 0 Å². The number of hydrogen-bond donors (Lipinski definition) is 2. The number of rotatable bonds is 8. The molecular formula is C17H26N2O. The first-order chi connectivity index (χ1) is 9.72. The minimum Gasteiger partial charge on any atom is -0.382 e. The molecule has 0 aliphatic heterocycles. The van der Waals surface area contributed by atoms with Crippen LogP contribution in [0.25, 0.3) is 0 Å². The highest BCUT2D eigenvalue weighted by atomic mass is 16.1. The van der Waals surface area contributed by atoms with Crippen LogP contribution in [0.4, 0.5) is 5.69 Å². The van der Waals surface area contributed by atoms with Gasteiger partial charge in [-0.1, -0.05) is 32.8 Å². The number of amides is 1. The molecule has 1 saturated carbocycles. The van der Waals surface area contributed by atoms with E-state index in [2.05, 4.69) is 24.5 Å². The molecule has 1 aromatic rings. The zero-order valence-electron chi connectivity index (χ0n) is 12.6. The molecule has 0 aromatic heterocycles. The van der Waals surface area contributed by atoms with Crippen LogP contribution in [-0.4, -0.2) is 18.0 Å². The van der Waals surface area contributed by atoms with Crippen LogP contribution in [-0.2, 0) is 0 Å². The highest BCUT2D eigenvalue weighted by Gasteiger charge is 2.23. The van der Waals surface area contributed by atoms with Crippen molar-refractivity contribution in [1.29, 1.82) is 0 Å². The molecule has 1 aliphatic carbocycles. The second-order valence-electron chi connectivity index (χ2n) is 5.72. The van der Waals surface area contributed by atoms with Crippen LogP contribution in [0.2, 0.25) is 0 Å². The Morgan fingerprint density at radius 2 is 2.15 bits per heavy atom. The molecule has 0 spiro atoms. The van der Waals surface area contributed by atoms with Gasteiger partial charge in [0.25, 0.3) is 5.91 Å². The van der Waals surface area contributed by atoms with Gasteiger partial charge in [0.1, 0.15) is 0 Å². The summed E-state index contributed by atoms with van der Waals surface area (Å²) in [5.41, 5.74) is 1.81. The molecule has 1 fully saturated rings. The van der Waals surface area contributed by atoms with Gasteiger partial charge in [-0.25, -0.2) is 0 Å². The Morgan fingerprint density at radius 3 is 2.80 bits per heavy atom. The second-order valence-corrected chi connectivity index (χ2v) is 5.72. The maximum absolute atomic E-state index is 12.0. The maximum atomic E-state index is 12.0. The predicted molar refractivity (Wildman–Crippen MR) is 84.2 cm³/mol. The first-order valence-corrected chi connectivity index (χ1v) is 7.90. The van der Waals surface area contributed by atoms with Gasteiger partial charge in [-0.3, -0.25) is 4.79 Å². The predicted octanol–water partition coefficient (Wildman–Crippen LogP) is 3.96. The Labute approximate surface area is 122 Å². The fourth-order valence-corrected chi connectivity index (χ4v) is 2.31. The van der Waals surface area contributed by atoms with Crippen LogP contribution in [0.3, 0.4) is 0 Å². The summed E-state index contributed by atoms with van der Waals surface area (Å²) in [7, 11) is 0. The Bertz CT molecular complexity index is 440. The Balaban J connectivity index is 1.95. The number of hydrogen-bond acceptors (Lipinski definition) is 2. The summed E-state index contributed by atoms with van der Waals surface area (Å²) in [5, 5.41) is 6.58. The van der Waals surface area contributed by atoms with Gasteiger partial charge < -0.3 is 10.6 Å². The van der Waals surface area contributed by atoms with Gasteiger partial charge in [0.05, 0.1) is 0 Å². The minimum atomic E-state index is 0.0535. The molecule has 1 aliphatic rings. The summed E-state index contributed by atoms with van der Waals surface area (Å²) in [5.74, 6) is 0.0535. The highest BCUT2D eigenvalue weighted by molar-refractivity contribution is 5.95. The van der Waals surface area contributed by atoms with Crippen molar-refractivity contribution in [3.05, 3.63) is 29.8 Å². The minimum absolute atomic E-state index is 0.0535. The molecule has 2 rings (SSSR count). The van der Waals surface area contributed by atoms with Crippen LogP contribution in [0, 0.1) is 0 Å². The average Bonchev–Trinajstić information content (AvgIpc) is 3.27. The van der Waals surface area contributed by atoms with Crippen molar-refractivity contribution in [2.24, 2.45) is 0 Å². The topological polar surface area (TPSA) is 41.1 Å². The van der Waals surface area contributed by atoms with Crippen LogP contribution >= 0.6 is 0 Å². The van der Waals surface area contributed by atoms with Crippen molar-refractivity contribution < 1.29 is 4.79 Å². The lowest BCUT2D eigenvalue weighted by atomic mass is 10.1. The molecular weight excluding hydrogens is 248 g/mol. The smallest absolute Gasteiger partial charge is 0.251 e. The lowest BCUT2D eigenvalue weighted by Gasteiger charge is -2.18. The van der Waals surface area contributed by atoms with Gasteiger partial charge >= 0.3 is 0 Å². The summed E-state index contributed by atoms with van der Waals surface area (Å²) < 4.78 is 0. The van der Waals surface area contributed by atoms with Crippen molar-refractivity contribution in [3.8, 4) is 0 Å². The van der Waals surface area contributed by atoms with Crippen molar-refractivity contribution in [2.45, 2.75) is 64.5 Å². The Morgan fingerprint density at radius 1 is 1.35 bits per heavy atom. The summed E-state index contributed by atoms with van der Waals surface area (Å²) in [6.45, 7) is 4.42. The molecule has 110 valence electrons. The van der Waals surface area contributed by atoms with Crippen LogP contribution < -0.4 is 10.6 Å². The summed E-state index contributed by atoms with van der Waals surface area (Å²) in [4.78, 5) is 12.0. The second kappa shape index (κ2) is 7.32. The maximum Gasteiger partial charge on any atom is 0.251 e. The molecule has 2 N–H and O–H groups in total. The first-order valence-electron chi connectivity index (χ1n) is 7.90.